The summed E-state index contributed by atoms with van der Waals surface area (Å²) < 4.78 is 25.2. The lowest BCUT2D eigenvalue weighted by Crippen LogP contribution is -2.34. The van der Waals surface area contributed by atoms with Gasteiger partial charge in [0.05, 0.1) is 4.90 Å². The average Bonchev–Trinajstić information content (AvgIpc) is 2.13. The Hall–Kier alpha value is -0.870. The Balaban J connectivity index is 2.68. The van der Waals surface area contributed by atoms with E-state index in [1.165, 1.54) is 4.31 Å². The molecule has 0 fully saturated rings. The molecule has 1 aromatic carbocycles. The van der Waals surface area contributed by atoms with Crippen molar-refractivity contribution in [3.63, 3.8) is 0 Å². The monoisotopic (exact) mass is 211 g/mol. The zero-order valence-corrected chi connectivity index (χ0v) is 9.13. The molecule has 0 N–H and O–H groups in total. The summed E-state index contributed by atoms with van der Waals surface area (Å²) in [7, 11) is -1.58. The number of sulfonamides is 1. The van der Waals surface area contributed by atoms with E-state index in [9.17, 15) is 8.42 Å². The Kier molecular flexibility index (Phi) is 2.12. The van der Waals surface area contributed by atoms with Gasteiger partial charge >= 0.3 is 0 Å². The summed E-state index contributed by atoms with van der Waals surface area (Å²) in [6.45, 7) is 2.49. The van der Waals surface area contributed by atoms with Gasteiger partial charge in [-0.15, -0.1) is 0 Å². The number of hydrogen-bond donors (Lipinski definition) is 0. The Labute approximate surface area is 84.4 Å². The van der Waals surface area contributed by atoms with Crippen LogP contribution in [0.2, 0.25) is 0 Å². The first-order valence-electron chi connectivity index (χ1n) is 4.58. The van der Waals surface area contributed by atoms with Gasteiger partial charge in [0.25, 0.3) is 0 Å². The fraction of sp³-hybridized carbons (Fsp3) is 0.400. The van der Waals surface area contributed by atoms with Gasteiger partial charge in [0.1, 0.15) is 0 Å². The maximum Gasteiger partial charge on any atom is 0.243 e. The number of likely N-dealkylation sites (N-methyl/N-ethyl adjacent to an activating group) is 1. The topological polar surface area (TPSA) is 37.4 Å². The average molecular weight is 211 g/mol. The number of fused-ring (bicyclic) bond motifs is 1. The Morgan fingerprint density at radius 2 is 2.07 bits per heavy atom. The number of benzene rings is 1. The lowest BCUT2D eigenvalue weighted by Gasteiger charge is -2.24. The molecule has 0 atom stereocenters. The van der Waals surface area contributed by atoms with E-state index in [-0.39, 0.29) is 0 Å². The van der Waals surface area contributed by atoms with Crippen LogP contribution in [0.3, 0.4) is 0 Å². The van der Waals surface area contributed by atoms with Crippen LogP contribution in [0.1, 0.15) is 11.1 Å². The van der Waals surface area contributed by atoms with Gasteiger partial charge in [-0.05, 0) is 30.5 Å². The van der Waals surface area contributed by atoms with E-state index in [0.29, 0.717) is 11.4 Å². The first-order valence-corrected chi connectivity index (χ1v) is 6.02. The highest BCUT2D eigenvalue weighted by Gasteiger charge is 2.28. The summed E-state index contributed by atoms with van der Waals surface area (Å²) in [5.41, 5.74) is 1.93. The van der Waals surface area contributed by atoms with E-state index >= 15 is 0 Å². The summed E-state index contributed by atoms with van der Waals surface area (Å²) in [4.78, 5) is 0.478. The fourth-order valence-corrected chi connectivity index (χ4v) is 3.18. The van der Waals surface area contributed by atoms with E-state index in [1.807, 2.05) is 19.1 Å². The molecular formula is C10H13NO2S. The van der Waals surface area contributed by atoms with Gasteiger partial charge < -0.3 is 0 Å². The van der Waals surface area contributed by atoms with Crippen LogP contribution >= 0.6 is 0 Å². The molecule has 1 aromatic rings. The van der Waals surface area contributed by atoms with Crippen LogP contribution in [-0.4, -0.2) is 26.3 Å². The van der Waals surface area contributed by atoms with Crippen molar-refractivity contribution in [3.05, 3.63) is 29.3 Å². The molecule has 0 spiro atoms. The summed E-state index contributed by atoms with van der Waals surface area (Å²) >= 11 is 0. The minimum atomic E-state index is -3.21. The lowest BCUT2D eigenvalue weighted by molar-refractivity contribution is 0.457. The van der Waals surface area contributed by atoms with E-state index in [4.69, 9.17) is 0 Å². The predicted octanol–water partition coefficient (Wildman–Crippen LogP) is 1.17. The lowest BCUT2D eigenvalue weighted by atomic mass is 10.1. The van der Waals surface area contributed by atoms with Crippen LogP contribution in [0.15, 0.2) is 23.1 Å². The van der Waals surface area contributed by atoms with Gasteiger partial charge in [-0.25, -0.2) is 12.7 Å². The first-order chi connectivity index (χ1) is 6.51. The van der Waals surface area contributed by atoms with Crippen LogP contribution in [-0.2, 0) is 16.4 Å². The maximum absolute atomic E-state index is 11.9. The minimum absolute atomic E-state index is 0.478. The second-order valence-corrected chi connectivity index (χ2v) is 5.70. The molecule has 1 aliphatic heterocycles. The van der Waals surface area contributed by atoms with Gasteiger partial charge in [0.2, 0.25) is 10.0 Å². The zero-order valence-electron chi connectivity index (χ0n) is 8.32. The Bertz CT molecular complexity index is 465. The molecule has 0 saturated heterocycles. The van der Waals surface area contributed by atoms with Crippen molar-refractivity contribution in [3.8, 4) is 0 Å². The van der Waals surface area contributed by atoms with Crippen molar-refractivity contribution in [2.75, 3.05) is 13.6 Å². The van der Waals surface area contributed by atoms with Gasteiger partial charge in [-0.2, -0.15) is 0 Å². The van der Waals surface area contributed by atoms with Crippen LogP contribution in [0.5, 0.6) is 0 Å². The highest BCUT2D eigenvalue weighted by atomic mass is 32.2. The summed E-state index contributed by atoms with van der Waals surface area (Å²) in [5.74, 6) is 0. The highest BCUT2D eigenvalue weighted by Crippen LogP contribution is 2.25. The second kappa shape index (κ2) is 3.07. The fourth-order valence-electron chi connectivity index (χ4n) is 1.67. The first kappa shape index (κ1) is 9.68. The molecule has 14 heavy (non-hydrogen) atoms. The maximum atomic E-state index is 11.9. The van der Waals surface area contributed by atoms with E-state index in [0.717, 1.165) is 17.5 Å². The van der Waals surface area contributed by atoms with E-state index in [1.54, 1.807) is 13.1 Å². The number of hydrogen-bond acceptors (Lipinski definition) is 2. The quantitative estimate of drug-likeness (QED) is 0.646. The molecule has 1 aliphatic rings. The molecule has 76 valence electrons. The number of aryl methyl sites for hydroxylation is 1. The van der Waals surface area contributed by atoms with Crippen molar-refractivity contribution in [2.45, 2.75) is 18.2 Å². The van der Waals surface area contributed by atoms with Crippen molar-refractivity contribution in [2.24, 2.45) is 0 Å². The minimum Gasteiger partial charge on any atom is -0.207 e. The van der Waals surface area contributed by atoms with Gasteiger partial charge in [0, 0.05) is 13.6 Å². The van der Waals surface area contributed by atoms with Crippen LogP contribution < -0.4 is 0 Å². The normalized spacial score (nSPS) is 20.4. The molecule has 0 aromatic heterocycles. The van der Waals surface area contributed by atoms with E-state index < -0.39 is 10.0 Å². The summed E-state index contributed by atoms with van der Waals surface area (Å²) in [6.07, 6.45) is 0.811. The SMILES string of the molecule is Cc1ccc2c(c1)S(=O)(=O)N(C)CC2. The molecule has 3 nitrogen and oxygen atoms in total. The number of rotatable bonds is 0. The molecule has 0 saturated carbocycles. The molecule has 2 rings (SSSR count). The number of nitrogens with zero attached hydrogens (tertiary/aromatic N) is 1. The third-order valence-corrected chi connectivity index (χ3v) is 4.55. The summed E-state index contributed by atoms with van der Waals surface area (Å²) in [5, 5.41) is 0. The largest absolute Gasteiger partial charge is 0.243 e. The Morgan fingerprint density at radius 3 is 2.79 bits per heavy atom. The van der Waals surface area contributed by atoms with Crippen molar-refractivity contribution in [1.82, 2.24) is 4.31 Å². The molecule has 0 bridgehead atoms. The Morgan fingerprint density at radius 1 is 1.36 bits per heavy atom. The van der Waals surface area contributed by atoms with Crippen molar-refractivity contribution >= 4 is 10.0 Å². The predicted molar refractivity (Wildman–Crippen MR) is 54.7 cm³/mol. The third-order valence-electron chi connectivity index (χ3n) is 2.61. The van der Waals surface area contributed by atoms with E-state index in [2.05, 4.69) is 0 Å². The van der Waals surface area contributed by atoms with Crippen LogP contribution in [0.4, 0.5) is 0 Å². The molecule has 0 amide bonds. The third kappa shape index (κ3) is 1.35. The van der Waals surface area contributed by atoms with Gasteiger partial charge in [-0.3, -0.25) is 0 Å². The van der Waals surface area contributed by atoms with Crippen LogP contribution in [0.25, 0.3) is 0 Å². The molecule has 1 heterocycles. The molecule has 0 aliphatic carbocycles. The van der Waals surface area contributed by atoms with Gasteiger partial charge in [0.15, 0.2) is 0 Å². The molecule has 0 unspecified atom stereocenters. The summed E-state index contributed by atoms with van der Waals surface area (Å²) in [6, 6.07) is 5.62. The smallest absolute Gasteiger partial charge is 0.207 e. The molecular weight excluding hydrogens is 198 g/mol. The second-order valence-electron chi connectivity index (χ2n) is 3.69. The molecule has 0 radical (unpaired) electrons. The van der Waals surface area contributed by atoms with Crippen molar-refractivity contribution < 1.29 is 8.42 Å². The van der Waals surface area contributed by atoms with Crippen LogP contribution in [0, 0.1) is 6.92 Å². The van der Waals surface area contributed by atoms with Crippen molar-refractivity contribution in [1.29, 1.82) is 0 Å². The standard InChI is InChI=1S/C10H13NO2S/c1-8-3-4-9-5-6-11(2)14(12,13)10(9)7-8/h3-4,7H,5-6H2,1-2H3. The highest BCUT2D eigenvalue weighted by molar-refractivity contribution is 7.89. The van der Waals surface area contributed by atoms with Gasteiger partial charge in [-0.1, -0.05) is 12.1 Å². The molecule has 4 heteroatoms. The zero-order chi connectivity index (χ0) is 10.3.